The molecule has 4 bridgehead atoms. The van der Waals surface area contributed by atoms with E-state index in [1.807, 2.05) is 30.3 Å². The maximum absolute atomic E-state index is 13.5. The number of carbonyl (C=O) groups is 2. The first-order valence-corrected chi connectivity index (χ1v) is 12.9. The van der Waals surface area contributed by atoms with Crippen molar-refractivity contribution in [3.05, 3.63) is 54.0 Å². The molecule has 5 fully saturated rings. The fraction of sp³-hybridized carbons (Fsp3) is 0.556. The van der Waals surface area contributed by atoms with Gasteiger partial charge in [0.05, 0.1) is 0 Å². The van der Waals surface area contributed by atoms with Crippen molar-refractivity contribution in [1.29, 1.82) is 0 Å². The maximum Gasteiger partial charge on any atom is 0.270 e. The first kappa shape index (κ1) is 22.5. The number of pyridine rings is 2. The standard InChI is InChI=1S/C27H34N6O2/c1-32-9-11-33(12-10-32)23-7-4-6-22(29-23)25(35)31-27-16-19-13-20(17-27)15-26(14-19,18-27)30-24(34)21-5-2-3-8-28-21/h2-8,19-20H,9-18H2,1H3,(H,30,34)(H,31,35). The third-order valence-electron chi connectivity index (χ3n) is 8.51. The molecule has 2 atom stereocenters. The van der Waals surface area contributed by atoms with Crippen LogP contribution in [0, 0.1) is 11.8 Å². The van der Waals surface area contributed by atoms with Crippen molar-refractivity contribution in [2.24, 2.45) is 11.8 Å². The lowest BCUT2D eigenvalue weighted by molar-refractivity contribution is -0.0449. The maximum atomic E-state index is 13.5. The number of nitrogens with one attached hydrogen (secondary N) is 2. The average molecular weight is 475 g/mol. The molecule has 8 heteroatoms. The van der Waals surface area contributed by atoms with Gasteiger partial charge in [-0.05, 0) is 81.7 Å². The van der Waals surface area contributed by atoms with Gasteiger partial charge in [-0.15, -0.1) is 0 Å². The Labute approximate surface area is 206 Å². The molecule has 2 aromatic heterocycles. The minimum atomic E-state index is -0.288. The molecular formula is C27H34N6O2. The lowest BCUT2D eigenvalue weighted by atomic mass is 9.49. The number of rotatable bonds is 5. The molecule has 0 aromatic carbocycles. The molecule has 1 saturated heterocycles. The summed E-state index contributed by atoms with van der Waals surface area (Å²) in [6, 6.07) is 11.2. The second kappa shape index (κ2) is 8.59. The highest BCUT2D eigenvalue weighted by Crippen LogP contribution is 2.57. The van der Waals surface area contributed by atoms with Crippen molar-refractivity contribution < 1.29 is 9.59 Å². The van der Waals surface area contributed by atoms with E-state index < -0.39 is 0 Å². The van der Waals surface area contributed by atoms with Crippen molar-refractivity contribution >= 4 is 17.6 Å². The summed E-state index contributed by atoms with van der Waals surface area (Å²) >= 11 is 0. The lowest BCUT2D eigenvalue weighted by Crippen LogP contribution is -2.70. The lowest BCUT2D eigenvalue weighted by Gasteiger charge is -2.62. The summed E-state index contributed by atoms with van der Waals surface area (Å²) in [7, 11) is 2.13. The predicted molar refractivity (Wildman–Crippen MR) is 133 cm³/mol. The number of carbonyl (C=O) groups excluding carboxylic acids is 2. The molecular weight excluding hydrogens is 440 g/mol. The number of likely N-dealkylation sites (N-methyl/N-ethyl adjacent to an activating group) is 1. The molecule has 35 heavy (non-hydrogen) atoms. The monoisotopic (exact) mass is 474 g/mol. The summed E-state index contributed by atoms with van der Waals surface area (Å²) in [5.41, 5.74) is 0.362. The topological polar surface area (TPSA) is 90.5 Å². The molecule has 2 unspecified atom stereocenters. The van der Waals surface area contributed by atoms with Crippen molar-refractivity contribution in [3.8, 4) is 0 Å². The van der Waals surface area contributed by atoms with E-state index in [9.17, 15) is 9.59 Å². The van der Waals surface area contributed by atoms with Crippen molar-refractivity contribution in [2.45, 2.75) is 49.6 Å². The Balaban J connectivity index is 1.19. The quantitative estimate of drug-likeness (QED) is 0.692. The minimum absolute atomic E-state index is 0.103. The number of amides is 2. The highest BCUT2D eigenvalue weighted by atomic mass is 16.2. The second-order valence-corrected chi connectivity index (χ2v) is 11.3. The summed E-state index contributed by atoms with van der Waals surface area (Å²) in [4.78, 5) is 40.0. The summed E-state index contributed by atoms with van der Waals surface area (Å²) in [5.74, 6) is 1.69. The first-order chi connectivity index (χ1) is 16.9. The van der Waals surface area contributed by atoms with Crippen LogP contribution in [0.4, 0.5) is 5.82 Å². The first-order valence-electron chi connectivity index (χ1n) is 12.9. The van der Waals surface area contributed by atoms with Gasteiger partial charge in [-0.3, -0.25) is 14.6 Å². The number of aromatic nitrogens is 2. The van der Waals surface area contributed by atoms with E-state index in [-0.39, 0.29) is 22.9 Å². The predicted octanol–water partition coefficient (Wildman–Crippen LogP) is 2.48. The molecule has 1 aliphatic heterocycles. The second-order valence-electron chi connectivity index (χ2n) is 11.3. The van der Waals surface area contributed by atoms with Gasteiger partial charge >= 0.3 is 0 Å². The van der Waals surface area contributed by atoms with Crippen LogP contribution in [-0.4, -0.2) is 71.0 Å². The normalized spacial score (nSPS) is 31.9. The van der Waals surface area contributed by atoms with Crippen LogP contribution in [0.1, 0.15) is 59.5 Å². The van der Waals surface area contributed by atoms with E-state index in [2.05, 4.69) is 32.5 Å². The van der Waals surface area contributed by atoms with Gasteiger partial charge in [0.1, 0.15) is 17.2 Å². The number of hydrogen-bond donors (Lipinski definition) is 2. The third-order valence-corrected chi connectivity index (χ3v) is 8.51. The van der Waals surface area contributed by atoms with Gasteiger partial charge in [-0.25, -0.2) is 4.98 Å². The summed E-state index contributed by atoms with van der Waals surface area (Å²) < 4.78 is 0. The van der Waals surface area contributed by atoms with E-state index in [4.69, 9.17) is 4.98 Å². The van der Waals surface area contributed by atoms with Crippen molar-refractivity contribution in [2.75, 3.05) is 38.1 Å². The fourth-order valence-corrected chi connectivity index (χ4v) is 7.42. The number of anilines is 1. The van der Waals surface area contributed by atoms with Gasteiger partial charge < -0.3 is 20.4 Å². The molecule has 2 amide bonds. The molecule has 5 aliphatic rings. The molecule has 2 aromatic rings. The van der Waals surface area contributed by atoms with E-state index in [1.54, 1.807) is 12.3 Å². The Bertz CT molecular complexity index is 1100. The van der Waals surface area contributed by atoms with Crippen LogP contribution < -0.4 is 15.5 Å². The van der Waals surface area contributed by atoms with Crippen LogP contribution in [0.3, 0.4) is 0 Å². The summed E-state index contributed by atoms with van der Waals surface area (Å²) in [5, 5.41) is 6.78. The van der Waals surface area contributed by atoms with Crippen LogP contribution in [0.5, 0.6) is 0 Å². The summed E-state index contributed by atoms with van der Waals surface area (Å²) in [6.45, 7) is 3.83. The number of nitrogens with zero attached hydrogens (tertiary/aromatic N) is 4. The Morgan fingerprint density at radius 2 is 1.49 bits per heavy atom. The van der Waals surface area contributed by atoms with Crippen LogP contribution >= 0.6 is 0 Å². The van der Waals surface area contributed by atoms with Gasteiger partial charge in [0.15, 0.2) is 0 Å². The molecule has 0 spiro atoms. The Kier molecular flexibility index (Phi) is 5.51. The smallest absolute Gasteiger partial charge is 0.270 e. The number of hydrogen-bond acceptors (Lipinski definition) is 6. The Morgan fingerprint density at radius 1 is 0.857 bits per heavy atom. The van der Waals surface area contributed by atoms with Crippen LogP contribution in [0.25, 0.3) is 0 Å². The van der Waals surface area contributed by atoms with E-state index in [0.717, 1.165) is 64.1 Å². The zero-order chi connectivity index (χ0) is 24.0. The van der Waals surface area contributed by atoms with Crippen LogP contribution in [0.2, 0.25) is 0 Å². The van der Waals surface area contributed by atoms with Gasteiger partial charge in [-0.1, -0.05) is 12.1 Å². The van der Waals surface area contributed by atoms with Crippen LogP contribution in [-0.2, 0) is 0 Å². The van der Waals surface area contributed by atoms with Gasteiger partial charge in [-0.2, -0.15) is 0 Å². The number of piperazine rings is 1. The Hall–Kier alpha value is -3.00. The molecule has 2 N–H and O–H groups in total. The highest BCUT2D eigenvalue weighted by Gasteiger charge is 2.58. The Morgan fingerprint density at radius 3 is 2.11 bits per heavy atom. The third kappa shape index (κ3) is 4.40. The van der Waals surface area contributed by atoms with Crippen molar-refractivity contribution in [3.63, 3.8) is 0 Å². The average Bonchev–Trinajstić information content (AvgIpc) is 2.84. The highest BCUT2D eigenvalue weighted by molar-refractivity contribution is 5.94. The molecule has 7 rings (SSSR count). The van der Waals surface area contributed by atoms with Gasteiger partial charge in [0, 0.05) is 43.5 Å². The zero-order valence-corrected chi connectivity index (χ0v) is 20.4. The summed E-state index contributed by atoms with van der Waals surface area (Å²) in [6.07, 6.45) is 7.54. The largest absolute Gasteiger partial charge is 0.354 e. The van der Waals surface area contributed by atoms with Crippen LogP contribution in [0.15, 0.2) is 42.6 Å². The molecule has 0 radical (unpaired) electrons. The molecule has 4 aliphatic carbocycles. The van der Waals surface area contributed by atoms with E-state index >= 15 is 0 Å². The van der Waals surface area contributed by atoms with Crippen molar-refractivity contribution in [1.82, 2.24) is 25.5 Å². The van der Waals surface area contributed by atoms with E-state index in [0.29, 0.717) is 23.2 Å². The molecule has 184 valence electrons. The molecule has 8 nitrogen and oxygen atoms in total. The van der Waals surface area contributed by atoms with Gasteiger partial charge in [0.25, 0.3) is 11.8 Å². The minimum Gasteiger partial charge on any atom is -0.354 e. The molecule has 3 heterocycles. The SMILES string of the molecule is CN1CCN(c2cccc(C(=O)NC34CC5CC(CC(NC(=O)c6ccccn6)(C5)C3)C4)n2)CC1. The van der Waals surface area contributed by atoms with Gasteiger partial charge in [0.2, 0.25) is 0 Å². The molecule has 4 saturated carbocycles. The fourth-order valence-electron chi connectivity index (χ4n) is 7.42. The van der Waals surface area contributed by atoms with E-state index in [1.165, 1.54) is 6.42 Å². The zero-order valence-electron chi connectivity index (χ0n) is 20.4.